The fourth-order valence-corrected chi connectivity index (χ4v) is 6.34. The van der Waals surface area contributed by atoms with Crippen molar-refractivity contribution in [2.45, 2.75) is 0 Å². The normalized spacial score (nSPS) is 11.0. The van der Waals surface area contributed by atoms with E-state index in [1.165, 1.54) is 38.2 Å². The summed E-state index contributed by atoms with van der Waals surface area (Å²) < 4.78 is 0. The Kier molecular flexibility index (Phi) is 7.54. The van der Waals surface area contributed by atoms with Gasteiger partial charge in [0.05, 0.1) is 0 Å². The van der Waals surface area contributed by atoms with Gasteiger partial charge in [-0.15, -0.1) is 0 Å². The highest BCUT2D eigenvalue weighted by molar-refractivity contribution is 6.01. The summed E-state index contributed by atoms with van der Waals surface area (Å²) in [6, 6.07) is 64.0. The predicted molar refractivity (Wildman–Crippen MR) is 202 cm³/mol. The largest absolute Gasteiger partial charge is 0.356 e. The van der Waals surface area contributed by atoms with Gasteiger partial charge in [-0.2, -0.15) is 0 Å². The van der Waals surface area contributed by atoms with Gasteiger partial charge in [0.15, 0.2) is 0 Å². The van der Waals surface area contributed by atoms with E-state index in [2.05, 4.69) is 180 Å². The smallest absolute Gasteiger partial charge is 0.0465 e. The van der Waals surface area contributed by atoms with Crippen molar-refractivity contribution in [1.82, 2.24) is 0 Å². The molecule has 224 valence electrons. The SMILES string of the molecule is c1ccc(Nc2ccc(Nc3ccc(Nc4ccccc4-c4cccc5ccccc45)cc3)c(-c3cccc4ccccc34)c2)cc1. The van der Waals surface area contributed by atoms with Gasteiger partial charge in [0.2, 0.25) is 0 Å². The fraction of sp³-hybridized carbons (Fsp3) is 0. The van der Waals surface area contributed by atoms with Crippen LogP contribution in [0.4, 0.5) is 34.1 Å². The molecule has 0 radical (unpaired) electrons. The number of benzene rings is 8. The average Bonchev–Trinajstić information content (AvgIpc) is 3.13. The summed E-state index contributed by atoms with van der Waals surface area (Å²) >= 11 is 0. The van der Waals surface area contributed by atoms with E-state index in [1.807, 2.05) is 18.2 Å². The molecule has 0 aromatic heterocycles. The minimum Gasteiger partial charge on any atom is -0.356 e. The maximum Gasteiger partial charge on any atom is 0.0465 e. The number of anilines is 6. The van der Waals surface area contributed by atoms with Gasteiger partial charge in [-0.1, -0.05) is 121 Å². The molecule has 0 saturated heterocycles. The Hall–Kier alpha value is -6.32. The maximum atomic E-state index is 3.72. The van der Waals surface area contributed by atoms with Crippen LogP contribution in [0.1, 0.15) is 0 Å². The van der Waals surface area contributed by atoms with Crippen molar-refractivity contribution in [3.8, 4) is 22.3 Å². The molecule has 0 bridgehead atoms. The maximum absolute atomic E-state index is 3.72. The van der Waals surface area contributed by atoms with E-state index in [0.29, 0.717) is 0 Å². The molecule has 47 heavy (non-hydrogen) atoms. The molecule has 0 unspecified atom stereocenters. The highest BCUT2D eigenvalue weighted by atomic mass is 14.9. The van der Waals surface area contributed by atoms with E-state index in [-0.39, 0.29) is 0 Å². The lowest BCUT2D eigenvalue weighted by Crippen LogP contribution is -1.97. The van der Waals surface area contributed by atoms with Gasteiger partial charge in [-0.3, -0.25) is 0 Å². The molecule has 0 spiro atoms. The first-order valence-electron chi connectivity index (χ1n) is 15.9. The standard InChI is InChI=1S/C44H33N3/c1-2-16-33(17-3-1)45-36-28-29-44(42(30-36)40-22-11-15-32-13-5-7-19-38(32)40)47-35-26-24-34(25-27-35)46-43-23-9-8-20-41(43)39-21-10-14-31-12-4-6-18-37(31)39/h1-30,45-47H. The van der Waals surface area contributed by atoms with Gasteiger partial charge in [0.25, 0.3) is 0 Å². The summed E-state index contributed by atoms with van der Waals surface area (Å²) in [5, 5.41) is 15.9. The summed E-state index contributed by atoms with van der Waals surface area (Å²) in [7, 11) is 0. The third kappa shape index (κ3) is 5.90. The number of fused-ring (bicyclic) bond motifs is 2. The van der Waals surface area contributed by atoms with E-state index in [9.17, 15) is 0 Å². The highest BCUT2D eigenvalue weighted by Crippen LogP contribution is 2.39. The molecule has 0 amide bonds. The van der Waals surface area contributed by atoms with Crippen molar-refractivity contribution in [1.29, 1.82) is 0 Å². The van der Waals surface area contributed by atoms with Crippen molar-refractivity contribution >= 4 is 55.7 Å². The summed E-state index contributed by atoms with van der Waals surface area (Å²) in [4.78, 5) is 0. The molecule has 0 aliphatic rings. The molecule has 0 saturated carbocycles. The molecular weight excluding hydrogens is 571 g/mol. The van der Waals surface area contributed by atoms with Crippen LogP contribution in [-0.2, 0) is 0 Å². The first-order chi connectivity index (χ1) is 23.3. The Morgan fingerprint density at radius 1 is 0.255 bits per heavy atom. The highest BCUT2D eigenvalue weighted by Gasteiger charge is 2.12. The topological polar surface area (TPSA) is 36.1 Å². The average molecular weight is 604 g/mol. The van der Waals surface area contributed by atoms with Crippen LogP contribution in [0.2, 0.25) is 0 Å². The molecule has 3 heteroatoms. The summed E-state index contributed by atoms with van der Waals surface area (Å²) in [6.07, 6.45) is 0. The van der Waals surface area contributed by atoms with Crippen molar-refractivity contribution < 1.29 is 0 Å². The van der Waals surface area contributed by atoms with Gasteiger partial charge in [-0.25, -0.2) is 0 Å². The molecule has 0 fully saturated rings. The summed E-state index contributed by atoms with van der Waals surface area (Å²) in [5.41, 5.74) is 11.0. The molecule has 0 atom stereocenters. The predicted octanol–water partition coefficient (Wildman–Crippen LogP) is 12.6. The molecule has 3 N–H and O–H groups in total. The molecule has 8 aromatic rings. The van der Waals surface area contributed by atoms with Gasteiger partial charge in [0, 0.05) is 45.3 Å². The quantitative estimate of drug-likeness (QED) is 0.162. The zero-order valence-corrected chi connectivity index (χ0v) is 25.8. The number of para-hydroxylation sites is 2. The van der Waals surface area contributed by atoms with E-state index in [4.69, 9.17) is 0 Å². The number of nitrogens with one attached hydrogen (secondary N) is 3. The van der Waals surface area contributed by atoms with Crippen molar-refractivity contribution in [2.24, 2.45) is 0 Å². The zero-order valence-electron chi connectivity index (χ0n) is 25.8. The second-order valence-corrected chi connectivity index (χ2v) is 11.7. The van der Waals surface area contributed by atoms with Crippen LogP contribution >= 0.6 is 0 Å². The lowest BCUT2D eigenvalue weighted by atomic mass is 9.96. The molecule has 0 heterocycles. The molecule has 8 aromatic carbocycles. The monoisotopic (exact) mass is 603 g/mol. The Morgan fingerprint density at radius 3 is 1.36 bits per heavy atom. The van der Waals surface area contributed by atoms with Crippen molar-refractivity contribution in [3.63, 3.8) is 0 Å². The second kappa shape index (κ2) is 12.6. The molecular formula is C44H33N3. The van der Waals surface area contributed by atoms with Crippen LogP contribution < -0.4 is 16.0 Å². The zero-order chi connectivity index (χ0) is 31.4. The van der Waals surface area contributed by atoms with E-state index < -0.39 is 0 Å². The molecule has 8 rings (SSSR count). The Labute approximate surface area is 275 Å². The van der Waals surface area contributed by atoms with Gasteiger partial charge in [0.1, 0.15) is 0 Å². The van der Waals surface area contributed by atoms with E-state index in [0.717, 1.165) is 39.7 Å². The Morgan fingerprint density at radius 2 is 0.702 bits per heavy atom. The van der Waals surface area contributed by atoms with Gasteiger partial charge >= 0.3 is 0 Å². The Balaban J connectivity index is 1.10. The van der Waals surface area contributed by atoms with Crippen molar-refractivity contribution in [2.75, 3.05) is 16.0 Å². The van der Waals surface area contributed by atoms with E-state index in [1.54, 1.807) is 0 Å². The van der Waals surface area contributed by atoms with Crippen LogP contribution in [0, 0.1) is 0 Å². The van der Waals surface area contributed by atoms with Gasteiger partial charge in [-0.05, 0) is 93.3 Å². The first kappa shape index (κ1) is 28.2. The molecule has 3 nitrogen and oxygen atoms in total. The first-order valence-corrected chi connectivity index (χ1v) is 15.9. The van der Waals surface area contributed by atoms with Crippen LogP contribution in [-0.4, -0.2) is 0 Å². The van der Waals surface area contributed by atoms with Crippen LogP contribution in [0.5, 0.6) is 0 Å². The summed E-state index contributed by atoms with van der Waals surface area (Å²) in [6.45, 7) is 0. The van der Waals surface area contributed by atoms with Crippen LogP contribution in [0.3, 0.4) is 0 Å². The number of hydrogen-bond donors (Lipinski definition) is 3. The second-order valence-electron chi connectivity index (χ2n) is 11.7. The third-order valence-electron chi connectivity index (χ3n) is 8.61. The lowest BCUT2D eigenvalue weighted by molar-refractivity contribution is 1.50. The minimum absolute atomic E-state index is 1.02. The van der Waals surface area contributed by atoms with Crippen LogP contribution in [0.15, 0.2) is 182 Å². The summed E-state index contributed by atoms with van der Waals surface area (Å²) in [5.74, 6) is 0. The molecule has 0 aliphatic heterocycles. The molecule has 0 aliphatic carbocycles. The van der Waals surface area contributed by atoms with Crippen molar-refractivity contribution in [3.05, 3.63) is 182 Å². The van der Waals surface area contributed by atoms with Gasteiger partial charge < -0.3 is 16.0 Å². The fourth-order valence-electron chi connectivity index (χ4n) is 6.34. The Bertz CT molecular complexity index is 2310. The van der Waals surface area contributed by atoms with Crippen LogP contribution in [0.25, 0.3) is 43.8 Å². The van der Waals surface area contributed by atoms with E-state index >= 15 is 0 Å². The third-order valence-corrected chi connectivity index (χ3v) is 8.61. The lowest BCUT2D eigenvalue weighted by Gasteiger charge is -2.17. The number of hydrogen-bond acceptors (Lipinski definition) is 3. The minimum atomic E-state index is 1.02. The number of rotatable bonds is 8.